The van der Waals surface area contributed by atoms with Gasteiger partial charge >= 0.3 is 5.97 Å². The molecule has 4 nitrogen and oxygen atoms in total. The number of carbonyl (C=O) groups is 1. The van der Waals surface area contributed by atoms with Crippen molar-refractivity contribution in [1.82, 2.24) is 4.98 Å². The lowest BCUT2D eigenvalue weighted by Crippen LogP contribution is -2.22. The van der Waals surface area contributed by atoms with Gasteiger partial charge in [-0.2, -0.15) is 0 Å². The van der Waals surface area contributed by atoms with E-state index in [1.54, 1.807) is 0 Å². The molecule has 0 spiro atoms. The predicted molar refractivity (Wildman–Crippen MR) is 70.9 cm³/mol. The van der Waals surface area contributed by atoms with Crippen LogP contribution in [0.15, 0.2) is 12.3 Å². The highest BCUT2D eigenvalue weighted by Gasteiger charge is 2.18. The molecule has 104 valence electrons. The van der Waals surface area contributed by atoms with Crippen LogP contribution >= 0.6 is 0 Å². The van der Waals surface area contributed by atoms with Crippen LogP contribution in [-0.2, 0) is 0 Å². The van der Waals surface area contributed by atoms with Gasteiger partial charge < -0.3 is 10.4 Å². The Balaban J connectivity index is 2.09. The fourth-order valence-corrected chi connectivity index (χ4v) is 2.50. The highest BCUT2D eigenvalue weighted by Crippen LogP contribution is 2.22. The fourth-order valence-electron chi connectivity index (χ4n) is 2.50. The molecule has 2 N–H and O–H groups in total. The lowest BCUT2D eigenvalue weighted by Gasteiger charge is -2.21. The van der Waals surface area contributed by atoms with Crippen molar-refractivity contribution in [3.8, 4) is 0 Å². The normalized spacial score (nSPS) is 17.5. The van der Waals surface area contributed by atoms with Gasteiger partial charge in [-0.15, -0.1) is 0 Å². The summed E-state index contributed by atoms with van der Waals surface area (Å²) in [4.78, 5) is 14.8. The first-order valence-electron chi connectivity index (χ1n) is 6.83. The number of aromatic nitrogens is 1. The zero-order valence-corrected chi connectivity index (χ0v) is 10.9. The van der Waals surface area contributed by atoms with Crippen LogP contribution in [0.25, 0.3) is 0 Å². The predicted octanol–water partition coefficient (Wildman–Crippen LogP) is 3.44. The third kappa shape index (κ3) is 3.66. The van der Waals surface area contributed by atoms with Crippen molar-refractivity contribution in [2.45, 2.75) is 51.0 Å². The molecule has 0 aromatic carbocycles. The van der Waals surface area contributed by atoms with Crippen LogP contribution in [0, 0.1) is 5.82 Å². The highest BCUT2D eigenvalue weighted by molar-refractivity contribution is 5.88. The Morgan fingerprint density at radius 1 is 1.26 bits per heavy atom. The molecule has 1 heterocycles. The third-order valence-electron chi connectivity index (χ3n) is 3.57. The second kappa shape index (κ2) is 6.50. The number of hydrogen-bond donors (Lipinski definition) is 2. The number of carboxylic acids is 1. The Bertz CT molecular complexity index is 443. The molecule has 0 radical (unpaired) electrons. The maximum absolute atomic E-state index is 14.0. The Labute approximate surface area is 112 Å². The van der Waals surface area contributed by atoms with Gasteiger partial charge in [0.15, 0.2) is 11.6 Å². The number of pyridine rings is 1. The number of halogens is 1. The van der Waals surface area contributed by atoms with Gasteiger partial charge in [-0.25, -0.2) is 14.2 Å². The molecule has 2 rings (SSSR count). The first-order valence-corrected chi connectivity index (χ1v) is 6.83. The van der Waals surface area contributed by atoms with Crippen LogP contribution in [0.4, 0.5) is 10.2 Å². The maximum Gasteiger partial charge on any atom is 0.338 e. The second-order valence-electron chi connectivity index (χ2n) is 5.01. The van der Waals surface area contributed by atoms with Crippen LogP contribution in [-0.4, -0.2) is 22.1 Å². The summed E-state index contributed by atoms with van der Waals surface area (Å²) in [6.07, 6.45) is 9.24. The Hall–Kier alpha value is -1.65. The topological polar surface area (TPSA) is 62.2 Å². The van der Waals surface area contributed by atoms with E-state index in [-0.39, 0.29) is 17.4 Å². The van der Waals surface area contributed by atoms with Crippen molar-refractivity contribution in [3.63, 3.8) is 0 Å². The van der Waals surface area contributed by atoms with Crippen LogP contribution in [0.5, 0.6) is 0 Å². The number of aromatic carboxylic acids is 1. The Morgan fingerprint density at radius 3 is 2.53 bits per heavy atom. The lowest BCUT2D eigenvalue weighted by atomic mass is 9.97. The van der Waals surface area contributed by atoms with Crippen molar-refractivity contribution in [1.29, 1.82) is 0 Å². The summed E-state index contributed by atoms with van der Waals surface area (Å²) in [5.41, 5.74) is -0.330. The van der Waals surface area contributed by atoms with Crippen molar-refractivity contribution < 1.29 is 14.3 Å². The monoisotopic (exact) mass is 266 g/mol. The summed E-state index contributed by atoms with van der Waals surface area (Å²) in [6.45, 7) is 0. The Kier molecular flexibility index (Phi) is 4.71. The molecule has 19 heavy (non-hydrogen) atoms. The van der Waals surface area contributed by atoms with E-state index in [4.69, 9.17) is 5.11 Å². The third-order valence-corrected chi connectivity index (χ3v) is 3.57. The number of carboxylic acid groups (broad SMARTS) is 1. The van der Waals surface area contributed by atoms with Crippen molar-refractivity contribution in [2.24, 2.45) is 0 Å². The zero-order valence-electron chi connectivity index (χ0n) is 10.9. The van der Waals surface area contributed by atoms with Crippen molar-refractivity contribution >= 4 is 11.8 Å². The average Bonchev–Trinajstić information content (AvgIpc) is 2.34. The molecule has 1 aromatic rings. The molecule has 0 atom stereocenters. The highest BCUT2D eigenvalue weighted by atomic mass is 19.1. The van der Waals surface area contributed by atoms with Crippen molar-refractivity contribution in [3.05, 3.63) is 23.6 Å². The smallest absolute Gasteiger partial charge is 0.338 e. The van der Waals surface area contributed by atoms with Gasteiger partial charge in [-0.05, 0) is 18.9 Å². The van der Waals surface area contributed by atoms with Crippen LogP contribution < -0.4 is 5.32 Å². The molecule has 1 aromatic heterocycles. The Morgan fingerprint density at radius 2 is 1.89 bits per heavy atom. The summed E-state index contributed by atoms with van der Waals surface area (Å²) >= 11 is 0. The number of rotatable bonds is 3. The standard InChI is InChI=1S/C14H19FN2O2/c15-12-11(14(18)19)8-9-16-13(12)17-10-6-4-2-1-3-5-7-10/h8-10H,1-7H2,(H,16,17)(H,18,19). The molecular formula is C14H19FN2O2. The molecule has 1 fully saturated rings. The molecule has 1 aliphatic rings. The SMILES string of the molecule is O=C(O)c1ccnc(NC2CCCCCCC2)c1F. The van der Waals surface area contributed by atoms with Crippen LogP contribution in [0.1, 0.15) is 55.3 Å². The van der Waals surface area contributed by atoms with Gasteiger partial charge in [0.05, 0.1) is 0 Å². The number of nitrogens with one attached hydrogen (secondary N) is 1. The van der Waals surface area contributed by atoms with Crippen LogP contribution in [0.3, 0.4) is 0 Å². The largest absolute Gasteiger partial charge is 0.478 e. The minimum Gasteiger partial charge on any atom is -0.478 e. The van der Waals surface area contributed by atoms with Gasteiger partial charge in [-0.1, -0.05) is 32.1 Å². The molecule has 1 saturated carbocycles. The lowest BCUT2D eigenvalue weighted by molar-refractivity contribution is 0.0692. The van der Waals surface area contributed by atoms with E-state index in [0.29, 0.717) is 0 Å². The number of hydrogen-bond acceptors (Lipinski definition) is 3. The molecule has 0 bridgehead atoms. The van der Waals surface area contributed by atoms with E-state index in [1.807, 2.05) is 0 Å². The van der Waals surface area contributed by atoms with Gasteiger partial charge in [0, 0.05) is 12.2 Å². The molecule has 5 heteroatoms. The van der Waals surface area contributed by atoms with Crippen LogP contribution in [0.2, 0.25) is 0 Å². The van der Waals surface area contributed by atoms with Gasteiger partial charge in [0.2, 0.25) is 0 Å². The fraction of sp³-hybridized carbons (Fsp3) is 0.571. The minimum absolute atomic E-state index is 0.0606. The minimum atomic E-state index is -1.26. The van der Waals surface area contributed by atoms with Gasteiger partial charge in [-0.3, -0.25) is 0 Å². The summed E-state index contributed by atoms with van der Waals surface area (Å²) in [7, 11) is 0. The first-order chi connectivity index (χ1) is 9.18. The number of anilines is 1. The molecule has 1 aliphatic carbocycles. The summed E-state index contributed by atoms with van der Waals surface area (Å²) < 4.78 is 14.0. The first kappa shape index (κ1) is 13.8. The van der Waals surface area contributed by atoms with E-state index in [0.717, 1.165) is 25.7 Å². The van der Waals surface area contributed by atoms with Gasteiger partial charge in [0.25, 0.3) is 0 Å². The maximum atomic E-state index is 14.0. The quantitative estimate of drug-likeness (QED) is 0.879. The zero-order chi connectivity index (χ0) is 13.7. The molecule has 0 unspecified atom stereocenters. The van der Waals surface area contributed by atoms with E-state index in [2.05, 4.69) is 10.3 Å². The number of nitrogens with zero attached hydrogens (tertiary/aromatic N) is 1. The van der Waals surface area contributed by atoms with Crippen molar-refractivity contribution in [2.75, 3.05) is 5.32 Å². The summed E-state index contributed by atoms with van der Waals surface area (Å²) in [6, 6.07) is 1.37. The van der Waals surface area contributed by atoms with E-state index in [9.17, 15) is 9.18 Å². The van der Waals surface area contributed by atoms with Gasteiger partial charge in [0.1, 0.15) is 5.56 Å². The second-order valence-corrected chi connectivity index (χ2v) is 5.01. The summed E-state index contributed by atoms with van der Waals surface area (Å²) in [5, 5.41) is 11.9. The molecule has 0 amide bonds. The average molecular weight is 266 g/mol. The van der Waals surface area contributed by atoms with E-state index < -0.39 is 11.8 Å². The molecule has 0 aliphatic heterocycles. The van der Waals surface area contributed by atoms with E-state index in [1.165, 1.54) is 31.5 Å². The molecule has 0 saturated heterocycles. The molecular weight excluding hydrogens is 247 g/mol. The summed E-state index contributed by atoms with van der Waals surface area (Å²) in [5.74, 6) is -1.97. The van der Waals surface area contributed by atoms with E-state index >= 15 is 0 Å².